The average molecular weight is 273 g/mol. The van der Waals surface area contributed by atoms with Crippen molar-refractivity contribution in [3.05, 3.63) is 0 Å². The summed E-state index contributed by atoms with van der Waals surface area (Å²) < 4.78 is 0. The maximum Gasteiger partial charge on any atom is 0.337 e. The lowest BCUT2D eigenvalue weighted by Gasteiger charge is -2.35. The quantitative estimate of drug-likeness (QED) is 0.558. The first kappa shape index (κ1) is 15.7. The van der Waals surface area contributed by atoms with Crippen molar-refractivity contribution in [3.63, 3.8) is 0 Å². The van der Waals surface area contributed by atoms with Gasteiger partial charge < -0.3 is 25.7 Å². The van der Waals surface area contributed by atoms with Gasteiger partial charge in [-0.15, -0.1) is 0 Å². The summed E-state index contributed by atoms with van der Waals surface area (Å²) in [6.07, 6.45) is 1.73. The molecule has 1 rings (SSSR count). The second-order valence-corrected chi connectivity index (χ2v) is 5.46. The minimum atomic E-state index is -1.95. The summed E-state index contributed by atoms with van der Waals surface area (Å²) in [5.74, 6) is -1.36. The summed E-state index contributed by atoms with van der Waals surface area (Å²) in [5, 5.41) is 23.4. The number of hydrogen-bond donors (Lipinski definition) is 4. The van der Waals surface area contributed by atoms with Crippen molar-refractivity contribution in [1.29, 1.82) is 0 Å². The van der Waals surface area contributed by atoms with Crippen LogP contribution in [0.15, 0.2) is 0 Å². The van der Waals surface area contributed by atoms with Gasteiger partial charge in [0.05, 0.1) is 6.54 Å². The lowest BCUT2D eigenvalue weighted by atomic mass is 9.99. The van der Waals surface area contributed by atoms with Crippen LogP contribution in [0.1, 0.15) is 26.7 Å². The van der Waals surface area contributed by atoms with E-state index in [-0.39, 0.29) is 12.6 Å². The molecule has 0 bridgehead atoms. The predicted octanol–water partition coefficient (Wildman–Crippen LogP) is -0.396. The van der Waals surface area contributed by atoms with Crippen LogP contribution in [0.4, 0.5) is 4.79 Å². The van der Waals surface area contributed by atoms with Crippen molar-refractivity contribution < 1.29 is 19.8 Å². The average Bonchev–Trinajstić information content (AvgIpc) is 2.31. The number of amides is 2. The maximum atomic E-state index is 11.6. The molecule has 0 spiro atoms. The van der Waals surface area contributed by atoms with Crippen LogP contribution in [-0.2, 0) is 4.79 Å². The zero-order chi connectivity index (χ0) is 14.6. The highest BCUT2D eigenvalue weighted by Gasteiger charge is 2.31. The Bertz CT molecular complexity index is 346. The molecule has 1 saturated heterocycles. The molecular formula is C12H23N3O4. The first-order valence-corrected chi connectivity index (χ1v) is 6.42. The Balaban J connectivity index is 2.34. The number of piperidine rings is 1. The Kier molecular flexibility index (Phi) is 5.13. The molecule has 3 unspecified atom stereocenters. The van der Waals surface area contributed by atoms with Gasteiger partial charge in [-0.3, -0.25) is 0 Å². The molecular weight excluding hydrogens is 250 g/mol. The van der Waals surface area contributed by atoms with E-state index >= 15 is 0 Å². The van der Waals surface area contributed by atoms with E-state index in [1.807, 2.05) is 7.05 Å². The number of urea groups is 1. The van der Waals surface area contributed by atoms with E-state index < -0.39 is 17.6 Å². The molecule has 1 aliphatic heterocycles. The van der Waals surface area contributed by atoms with Gasteiger partial charge in [-0.05, 0) is 33.7 Å². The number of rotatable bonds is 4. The molecule has 110 valence electrons. The topological polar surface area (TPSA) is 102 Å². The Morgan fingerprint density at radius 3 is 2.63 bits per heavy atom. The third kappa shape index (κ3) is 4.68. The third-order valence-corrected chi connectivity index (χ3v) is 3.60. The van der Waals surface area contributed by atoms with Crippen LogP contribution >= 0.6 is 0 Å². The van der Waals surface area contributed by atoms with Gasteiger partial charge in [0.15, 0.2) is 5.60 Å². The van der Waals surface area contributed by atoms with Gasteiger partial charge in [0.1, 0.15) is 0 Å². The molecule has 3 atom stereocenters. The Morgan fingerprint density at radius 2 is 2.11 bits per heavy atom. The van der Waals surface area contributed by atoms with Gasteiger partial charge in [-0.2, -0.15) is 0 Å². The van der Waals surface area contributed by atoms with Gasteiger partial charge in [-0.25, -0.2) is 9.59 Å². The van der Waals surface area contributed by atoms with E-state index in [1.165, 1.54) is 0 Å². The highest BCUT2D eigenvalue weighted by Crippen LogP contribution is 2.15. The van der Waals surface area contributed by atoms with Crippen LogP contribution in [0.2, 0.25) is 0 Å². The highest BCUT2D eigenvalue weighted by atomic mass is 16.4. The van der Waals surface area contributed by atoms with Crippen LogP contribution in [-0.4, -0.2) is 64.9 Å². The Morgan fingerprint density at radius 1 is 1.47 bits per heavy atom. The van der Waals surface area contributed by atoms with Crippen LogP contribution < -0.4 is 10.6 Å². The lowest BCUT2D eigenvalue weighted by Crippen LogP contribution is -2.53. The van der Waals surface area contributed by atoms with E-state index in [2.05, 4.69) is 22.5 Å². The minimum absolute atomic E-state index is 0.0842. The summed E-state index contributed by atoms with van der Waals surface area (Å²) in [5.41, 5.74) is -1.95. The number of nitrogens with zero attached hydrogens (tertiary/aromatic N) is 1. The molecule has 1 heterocycles. The molecule has 1 fully saturated rings. The number of carbonyl (C=O) groups excluding carboxylic acids is 1. The molecule has 4 N–H and O–H groups in total. The summed E-state index contributed by atoms with van der Waals surface area (Å²) in [4.78, 5) is 24.5. The first-order valence-electron chi connectivity index (χ1n) is 6.42. The fourth-order valence-corrected chi connectivity index (χ4v) is 1.98. The van der Waals surface area contributed by atoms with E-state index in [4.69, 9.17) is 5.11 Å². The van der Waals surface area contributed by atoms with Crippen LogP contribution in [0.3, 0.4) is 0 Å². The molecule has 0 saturated carbocycles. The molecule has 0 aliphatic carbocycles. The Hall–Kier alpha value is -1.34. The number of aliphatic carboxylic acids is 1. The maximum absolute atomic E-state index is 11.6. The van der Waals surface area contributed by atoms with Gasteiger partial charge in [-0.1, -0.05) is 0 Å². The van der Waals surface area contributed by atoms with Gasteiger partial charge in [0.2, 0.25) is 0 Å². The SMILES string of the molecule is CC1CC(NC(=O)NCC(C)(O)C(=O)O)CCN1C. The van der Waals surface area contributed by atoms with Gasteiger partial charge in [0.25, 0.3) is 0 Å². The fraction of sp³-hybridized carbons (Fsp3) is 0.833. The number of nitrogens with one attached hydrogen (secondary N) is 2. The highest BCUT2D eigenvalue weighted by molar-refractivity contribution is 5.79. The predicted molar refractivity (Wildman–Crippen MR) is 69.9 cm³/mol. The summed E-state index contributed by atoms with van der Waals surface area (Å²) >= 11 is 0. The number of aliphatic hydroxyl groups is 1. The zero-order valence-electron chi connectivity index (χ0n) is 11.6. The molecule has 19 heavy (non-hydrogen) atoms. The van der Waals surface area contributed by atoms with Crippen molar-refractivity contribution in [2.45, 2.75) is 44.4 Å². The summed E-state index contributed by atoms with van der Waals surface area (Å²) in [7, 11) is 2.05. The van der Waals surface area contributed by atoms with Gasteiger partial charge in [0, 0.05) is 18.6 Å². The molecule has 0 aromatic heterocycles. The number of carboxylic acid groups (broad SMARTS) is 1. The third-order valence-electron chi connectivity index (χ3n) is 3.60. The molecule has 0 aromatic rings. The molecule has 1 aliphatic rings. The normalized spacial score (nSPS) is 27.4. The smallest absolute Gasteiger partial charge is 0.337 e. The number of likely N-dealkylation sites (tertiary alicyclic amines) is 1. The van der Waals surface area contributed by atoms with E-state index in [9.17, 15) is 14.7 Å². The second-order valence-electron chi connectivity index (χ2n) is 5.46. The molecule has 2 amide bonds. The van der Waals surface area contributed by atoms with Crippen molar-refractivity contribution in [2.75, 3.05) is 20.1 Å². The Labute approximate surface area is 113 Å². The number of carboxylic acids is 1. The van der Waals surface area contributed by atoms with Gasteiger partial charge >= 0.3 is 12.0 Å². The lowest BCUT2D eigenvalue weighted by molar-refractivity contribution is -0.155. The zero-order valence-corrected chi connectivity index (χ0v) is 11.6. The molecule has 0 aromatic carbocycles. The largest absolute Gasteiger partial charge is 0.479 e. The number of carbonyl (C=O) groups is 2. The van der Waals surface area contributed by atoms with Crippen molar-refractivity contribution in [2.24, 2.45) is 0 Å². The van der Waals surface area contributed by atoms with Crippen LogP contribution in [0.5, 0.6) is 0 Å². The van der Waals surface area contributed by atoms with E-state index in [0.717, 1.165) is 26.3 Å². The molecule has 0 radical (unpaired) electrons. The van der Waals surface area contributed by atoms with Crippen molar-refractivity contribution >= 4 is 12.0 Å². The van der Waals surface area contributed by atoms with Crippen molar-refractivity contribution in [3.8, 4) is 0 Å². The van der Waals surface area contributed by atoms with Crippen molar-refractivity contribution in [1.82, 2.24) is 15.5 Å². The molecule has 7 nitrogen and oxygen atoms in total. The van der Waals surface area contributed by atoms with E-state index in [1.54, 1.807) is 0 Å². The van der Waals surface area contributed by atoms with E-state index in [0.29, 0.717) is 6.04 Å². The van der Waals surface area contributed by atoms with Crippen LogP contribution in [0.25, 0.3) is 0 Å². The van der Waals surface area contributed by atoms with Crippen LogP contribution in [0, 0.1) is 0 Å². The first-order chi connectivity index (χ1) is 8.72. The fourth-order valence-electron chi connectivity index (χ4n) is 1.98. The minimum Gasteiger partial charge on any atom is -0.479 e. The monoisotopic (exact) mass is 273 g/mol. The second kappa shape index (κ2) is 6.21. The summed E-state index contributed by atoms with van der Waals surface area (Å²) in [6, 6.07) is 0.0467. The summed E-state index contributed by atoms with van der Waals surface area (Å²) in [6.45, 7) is 3.84. The number of hydrogen-bond acceptors (Lipinski definition) is 4. The standard InChI is InChI=1S/C12H23N3O4/c1-8-6-9(4-5-15(8)3)14-11(18)13-7-12(2,19)10(16)17/h8-9,19H,4-7H2,1-3H3,(H,16,17)(H2,13,14,18). The molecule has 7 heteroatoms.